The van der Waals surface area contributed by atoms with Gasteiger partial charge in [-0.1, -0.05) is 19.9 Å². The fourth-order valence-electron chi connectivity index (χ4n) is 2.84. The monoisotopic (exact) mass is 419 g/mol. The molecule has 9 nitrogen and oxygen atoms in total. The van der Waals surface area contributed by atoms with Gasteiger partial charge < -0.3 is 10.6 Å². The number of hydrogen-bond acceptors (Lipinski definition) is 6. The molecular formula is C18H33N3O6S. The second-order valence-corrected chi connectivity index (χ2v) is 10.4. The van der Waals surface area contributed by atoms with Gasteiger partial charge in [-0.05, 0) is 32.6 Å². The van der Waals surface area contributed by atoms with Crippen molar-refractivity contribution in [2.75, 3.05) is 13.3 Å². The van der Waals surface area contributed by atoms with Crippen LogP contribution in [-0.2, 0) is 24.2 Å². The smallest absolute Gasteiger partial charge is 0.247 e. The predicted octanol–water partition coefficient (Wildman–Crippen LogP) is 0.400. The maximum atomic E-state index is 13.0. The minimum Gasteiger partial charge on any atom is -0.357 e. The highest BCUT2D eigenvalue weighted by atomic mass is 32.2. The number of nitrogens with one attached hydrogen (secondary N) is 3. The molecule has 0 heterocycles. The lowest BCUT2D eigenvalue weighted by Crippen LogP contribution is -2.61. The van der Waals surface area contributed by atoms with E-state index in [4.69, 9.17) is 5.21 Å². The van der Waals surface area contributed by atoms with Crippen LogP contribution in [0, 0.1) is 17.8 Å². The molecular weight excluding hydrogens is 386 g/mol. The number of hydroxylamine groups is 1. The Morgan fingerprint density at radius 2 is 1.64 bits per heavy atom. The highest BCUT2D eigenvalue weighted by Gasteiger charge is 2.45. The van der Waals surface area contributed by atoms with Crippen LogP contribution in [0.1, 0.15) is 40.5 Å². The van der Waals surface area contributed by atoms with Gasteiger partial charge in [-0.2, -0.15) is 0 Å². The van der Waals surface area contributed by atoms with Gasteiger partial charge in [0.1, 0.15) is 6.04 Å². The first-order valence-electron chi connectivity index (χ1n) is 9.00. The van der Waals surface area contributed by atoms with Crippen molar-refractivity contribution in [2.45, 2.75) is 51.3 Å². The minimum absolute atomic E-state index is 0.0240. The Morgan fingerprint density at radius 1 is 1.11 bits per heavy atom. The number of carbonyl (C=O) groups is 3. The second-order valence-electron chi connectivity index (χ2n) is 7.77. The molecule has 0 bridgehead atoms. The van der Waals surface area contributed by atoms with Crippen molar-refractivity contribution in [3.63, 3.8) is 0 Å². The third kappa shape index (κ3) is 6.59. The lowest BCUT2D eigenvalue weighted by atomic mass is 9.81. The van der Waals surface area contributed by atoms with Crippen LogP contribution in [0.25, 0.3) is 0 Å². The van der Waals surface area contributed by atoms with Gasteiger partial charge in [0, 0.05) is 13.3 Å². The molecule has 0 rings (SSSR count). The molecule has 3 atom stereocenters. The average molecular weight is 420 g/mol. The molecule has 28 heavy (non-hydrogen) atoms. The van der Waals surface area contributed by atoms with E-state index >= 15 is 0 Å². The summed E-state index contributed by atoms with van der Waals surface area (Å²) >= 11 is 0. The first-order valence-corrected chi connectivity index (χ1v) is 10.9. The van der Waals surface area contributed by atoms with Gasteiger partial charge in [0.25, 0.3) is 0 Å². The molecule has 0 saturated heterocycles. The Bertz CT molecular complexity index is 687. The summed E-state index contributed by atoms with van der Waals surface area (Å²) in [4.78, 5) is 37.5. The molecule has 162 valence electrons. The van der Waals surface area contributed by atoms with Gasteiger partial charge in [0.2, 0.25) is 17.7 Å². The Hall–Kier alpha value is -1.94. The minimum atomic E-state index is -3.71. The predicted molar refractivity (Wildman–Crippen MR) is 106 cm³/mol. The second kappa shape index (κ2) is 10.6. The molecule has 0 radical (unpaired) electrons. The van der Waals surface area contributed by atoms with Crippen molar-refractivity contribution < 1.29 is 28.0 Å². The largest absolute Gasteiger partial charge is 0.357 e. The first kappa shape index (κ1) is 26.1. The number of hydrogen-bond donors (Lipinski definition) is 4. The van der Waals surface area contributed by atoms with Gasteiger partial charge in [-0.3, -0.25) is 19.6 Å². The summed E-state index contributed by atoms with van der Waals surface area (Å²) in [6.45, 7) is 9.99. The fourth-order valence-corrected chi connectivity index (χ4v) is 3.44. The van der Waals surface area contributed by atoms with Crippen LogP contribution in [0.5, 0.6) is 0 Å². The molecule has 0 spiro atoms. The van der Waals surface area contributed by atoms with Crippen LogP contribution in [0.4, 0.5) is 0 Å². The number of rotatable bonds is 11. The third-order valence-corrected chi connectivity index (χ3v) is 7.01. The van der Waals surface area contributed by atoms with Gasteiger partial charge in [0.05, 0.1) is 16.6 Å². The van der Waals surface area contributed by atoms with Gasteiger partial charge >= 0.3 is 0 Å². The van der Waals surface area contributed by atoms with Crippen molar-refractivity contribution in [2.24, 2.45) is 17.8 Å². The Morgan fingerprint density at radius 3 is 2.00 bits per heavy atom. The van der Waals surface area contributed by atoms with E-state index in [1.165, 1.54) is 27.0 Å². The van der Waals surface area contributed by atoms with E-state index in [0.29, 0.717) is 0 Å². The van der Waals surface area contributed by atoms with Crippen molar-refractivity contribution in [1.29, 1.82) is 0 Å². The maximum absolute atomic E-state index is 13.0. The van der Waals surface area contributed by atoms with Crippen LogP contribution in [0.3, 0.4) is 0 Å². The molecule has 0 fully saturated rings. The first-order chi connectivity index (χ1) is 12.7. The van der Waals surface area contributed by atoms with E-state index in [1.807, 2.05) is 13.8 Å². The SMILES string of the molecule is C=CCC(C(=O)NO)C(CC(C)C)C(=O)NC(C(=O)NC)C(C)(C)S(C)(=O)=O. The van der Waals surface area contributed by atoms with Crippen molar-refractivity contribution in [3.05, 3.63) is 12.7 Å². The normalized spacial score (nSPS) is 15.3. The molecule has 0 aliphatic rings. The van der Waals surface area contributed by atoms with Crippen LogP contribution in [0.2, 0.25) is 0 Å². The summed E-state index contributed by atoms with van der Waals surface area (Å²) in [6.07, 6.45) is 2.85. The number of likely N-dealkylation sites (N-methyl/N-ethyl adjacent to an activating group) is 1. The number of amides is 3. The van der Waals surface area contributed by atoms with E-state index in [0.717, 1.165) is 6.26 Å². The molecule has 3 amide bonds. The lowest BCUT2D eigenvalue weighted by molar-refractivity contribution is -0.141. The van der Waals surface area contributed by atoms with Crippen LogP contribution in [0.15, 0.2) is 12.7 Å². The van der Waals surface area contributed by atoms with E-state index in [2.05, 4.69) is 17.2 Å². The fraction of sp³-hybridized carbons (Fsp3) is 0.722. The molecule has 0 aliphatic heterocycles. The highest BCUT2D eigenvalue weighted by Crippen LogP contribution is 2.27. The summed E-state index contributed by atoms with van der Waals surface area (Å²) < 4.78 is 22.8. The molecule has 4 N–H and O–H groups in total. The summed E-state index contributed by atoms with van der Waals surface area (Å²) in [5.41, 5.74) is 1.56. The van der Waals surface area contributed by atoms with Crippen LogP contribution >= 0.6 is 0 Å². The van der Waals surface area contributed by atoms with Crippen LogP contribution < -0.4 is 16.1 Å². The maximum Gasteiger partial charge on any atom is 0.247 e. The average Bonchev–Trinajstić information content (AvgIpc) is 2.59. The molecule has 3 unspecified atom stereocenters. The van der Waals surface area contributed by atoms with E-state index < -0.39 is 50.2 Å². The Labute approximate surface area is 167 Å². The van der Waals surface area contributed by atoms with Gasteiger partial charge in [-0.25, -0.2) is 13.9 Å². The highest BCUT2D eigenvalue weighted by molar-refractivity contribution is 7.92. The molecule has 10 heteroatoms. The van der Waals surface area contributed by atoms with Crippen LogP contribution in [-0.4, -0.2) is 55.4 Å². The zero-order valence-electron chi connectivity index (χ0n) is 17.4. The number of allylic oxidation sites excluding steroid dienone is 1. The summed E-state index contributed by atoms with van der Waals surface area (Å²) in [5.74, 6) is -3.85. The summed E-state index contributed by atoms with van der Waals surface area (Å²) in [6, 6.07) is -1.36. The van der Waals surface area contributed by atoms with E-state index in [-0.39, 0.29) is 18.8 Å². The zero-order valence-corrected chi connectivity index (χ0v) is 18.2. The molecule has 0 aromatic carbocycles. The molecule has 0 saturated carbocycles. The van der Waals surface area contributed by atoms with E-state index in [9.17, 15) is 22.8 Å². The van der Waals surface area contributed by atoms with Crippen molar-refractivity contribution in [1.82, 2.24) is 16.1 Å². The molecule has 0 aliphatic carbocycles. The Balaban J connectivity index is 6.04. The van der Waals surface area contributed by atoms with Crippen molar-refractivity contribution in [3.8, 4) is 0 Å². The Kier molecular flexibility index (Phi) is 9.83. The lowest BCUT2D eigenvalue weighted by Gasteiger charge is -2.34. The standard InChI is InChI=1S/C18H33N3O6S/c1-8-9-12(16(23)21-25)13(10-11(2)3)15(22)20-14(17(24)19-6)18(4,5)28(7,26)27/h8,11-14,25H,1,9-10H2,2-7H3,(H,19,24)(H,20,22)(H,21,23). The topological polar surface area (TPSA) is 142 Å². The quantitative estimate of drug-likeness (QED) is 0.217. The molecule has 0 aromatic rings. The van der Waals surface area contributed by atoms with Crippen molar-refractivity contribution >= 4 is 27.6 Å². The van der Waals surface area contributed by atoms with Gasteiger partial charge in [0.15, 0.2) is 9.84 Å². The zero-order chi connectivity index (χ0) is 22.3. The summed E-state index contributed by atoms with van der Waals surface area (Å²) in [5, 5.41) is 13.9. The van der Waals surface area contributed by atoms with E-state index in [1.54, 1.807) is 5.48 Å². The summed E-state index contributed by atoms with van der Waals surface area (Å²) in [7, 11) is -2.38. The number of sulfone groups is 1. The van der Waals surface area contributed by atoms with Gasteiger partial charge in [-0.15, -0.1) is 6.58 Å². The third-order valence-electron chi connectivity index (χ3n) is 4.86. The number of carbonyl (C=O) groups excluding carboxylic acids is 3. The molecule has 0 aromatic heterocycles.